The summed E-state index contributed by atoms with van der Waals surface area (Å²) in [6, 6.07) is 0.556. The summed E-state index contributed by atoms with van der Waals surface area (Å²) in [6.45, 7) is 6.06. The van der Waals surface area contributed by atoms with Crippen LogP contribution in [0.1, 0.15) is 46.8 Å². The average molecular weight is 333 g/mol. The highest BCUT2D eigenvalue weighted by Gasteiger charge is 2.30. The van der Waals surface area contributed by atoms with Gasteiger partial charge in [-0.2, -0.15) is 0 Å². The predicted molar refractivity (Wildman–Crippen MR) is 88.3 cm³/mol. The van der Waals surface area contributed by atoms with Crippen molar-refractivity contribution in [3.8, 4) is 0 Å². The van der Waals surface area contributed by atoms with Crippen LogP contribution >= 0.6 is 11.3 Å². The second kappa shape index (κ2) is 6.30. The molecular weight excluding hydrogens is 310 g/mol. The van der Waals surface area contributed by atoms with Gasteiger partial charge in [0.1, 0.15) is 0 Å². The van der Waals surface area contributed by atoms with Crippen molar-refractivity contribution in [2.24, 2.45) is 0 Å². The normalized spacial score (nSPS) is 22.3. The number of hydrogen-bond donors (Lipinski definition) is 0. The van der Waals surface area contributed by atoms with Gasteiger partial charge in [-0.15, -0.1) is 21.5 Å². The lowest BCUT2D eigenvalue weighted by Gasteiger charge is -2.23. The van der Waals surface area contributed by atoms with Gasteiger partial charge in [0.25, 0.3) is 0 Å². The van der Waals surface area contributed by atoms with E-state index in [0.717, 1.165) is 43.0 Å². The van der Waals surface area contributed by atoms with Crippen molar-refractivity contribution in [2.45, 2.75) is 51.2 Å². The SMILES string of the molecule is Cc1ncc(CN2CCC(N(C)Cc3nnc(C4CC4)o3)C2)s1. The molecule has 1 aliphatic carbocycles. The van der Waals surface area contributed by atoms with Gasteiger partial charge in [0.15, 0.2) is 0 Å². The summed E-state index contributed by atoms with van der Waals surface area (Å²) in [5, 5.41) is 9.52. The summed E-state index contributed by atoms with van der Waals surface area (Å²) in [4.78, 5) is 10.6. The molecular formula is C16H23N5OS. The zero-order valence-electron chi connectivity index (χ0n) is 13.7. The molecule has 1 saturated carbocycles. The summed E-state index contributed by atoms with van der Waals surface area (Å²) in [6.07, 6.45) is 5.60. The summed E-state index contributed by atoms with van der Waals surface area (Å²) < 4.78 is 5.78. The highest BCUT2D eigenvalue weighted by Crippen LogP contribution is 2.39. The highest BCUT2D eigenvalue weighted by atomic mass is 32.1. The van der Waals surface area contributed by atoms with Crippen molar-refractivity contribution < 1.29 is 4.42 Å². The number of aryl methyl sites for hydroxylation is 1. The third kappa shape index (κ3) is 3.62. The van der Waals surface area contributed by atoms with E-state index < -0.39 is 0 Å². The zero-order valence-corrected chi connectivity index (χ0v) is 14.6. The first-order valence-electron chi connectivity index (χ1n) is 8.33. The zero-order chi connectivity index (χ0) is 15.8. The Balaban J connectivity index is 1.29. The molecule has 1 aliphatic heterocycles. The maximum absolute atomic E-state index is 5.78. The summed E-state index contributed by atoms with van der Waals surface area (Å²) >= 11 is 1.80. The van der Waals surface area contributed by atoms with E-state index in [4.69, 9.17) is 4.42 Å². The third-order valence-electron chi connectivity index (χ3n) is 4.71. The minimum absolute atomic E-state index is 0.534. The van der Waals surface area contributed by atoms with E-state index >= 15 is 0 Å². The van der Waals surface area contributed by atoms with Gasteiger partial charge < -0.3 is 4.42 Å². The molecule has 1 atom stereocenters. The molecule has 0 radical (unpaired) electrons. The number of rotatable bonds is 6. The van der Waals surface area contributed by atoms with Gasteiger partial charge in [-0.05, 0) is 33.2 Å². The summed E-state index contributed by atoms with van der Waals surface area (Å²) in [5.41, 5.74) is 0. The molecule has 1 unspecified atom stereocenters. The Kier molecular flexibility index (Phi) is 4.17. The topological polar surface area (TPSA) is 58.3 Å². The lowest BCUT2D eigenvalue weighted by molar-refractivity contribution is 0.204. The third-order valence-corrected chi connectivity index (χ3v) is 5.61. The van der Waals surface area contributed by atoms with Crippen molar-refractivity contribution in [1.29, 1.82) is 0 Å². The van der Waals surface area contributed by atoms with Crippen molar-refractivity contribution in [3.05, 3.63) is 27.9 Å². The molecule has 2 aromatic rings. The molecule has 0 bridgehead atoms. The molecule has 2 fully saturated rings. The molecule has 3 heterocycles. The fraction of sp³-hybridized carbons (Fsp3) is 0.688. The largest absolute Gasteiger partial charge is 0.424 e. The van der Waals surface area contributed by atoms with Gasteiger partial charge >= 0.3 is 0 Å². The van der Waals surface area contributed by atoms with Crippen molar-refractivity contribution >= 4 is 11.3 Å². The first-order chi connectivity index (χ1) is 11.2. The first kappa shape index (κ1) is 15.2. The van der Waals surface area contributed by atoms with Crippen molar-refractivity contribution in [1.82, 2.24) is 25.0 Å². The standard InChI is InChI=1S/C16H23N5OS/c1-11-17-7-14(23-11)9-21-6-5-13(8-21)20(2)10-15-18-19-16(22-15)12-3-4-12/h7,12-13H,3-6,8-10H2,1-2H3. The monoisotopic (exact) mass is 333 g/mol. The first-order valence-corrected chi connectivity index (χ1v) is 9.15. The van der Waals surface area contributed by atoms with Gasteiger partial charge in [0, 0.05) is 42.7 Å². The second-order valence-corrected chi connectivity index (χ2v) is 8.07. The van der Waals surface area contributed by atoms with Crippen LogP contribution in [0.25, 0.3) is 0 Å². The van der Waals surface area contributed by atoms with E-state index in [-0.39, 0.29) is 0 Å². The lowest BCUT2D eigenvalue weighted by Crippen LogP contribution is -2.34. The predicted octanol–water partition coefficient (Wildman–Crippen LogP) is 2.42. The second-order valence-electron chi connectivity index (χ2n) is 6.75. The summed E-state index contributed by atoms with van der Waals surface area (Å²) in [7, 11) is 2.16. The maximum Gasteiger partial charge on any atom is 0.230 e. The Labute approximate surface area is 140 Å². The van der Waals surface area contributed by atoms with Crippen LogP contribution < -0.4 is 0 Å². The van der Waals surface area contributed by atoms with E-state index in [1.54, 1.807) is 11.3 Å². The summed E-state index contributed by atoms with van der Waals surface area (Å²) in [5.74, 6) is 2.12. The Morgan fingerprint density at radius 2 is 2.22 bits per heavy atom. The fourth-order valence-electron chi connectivity index (χ4n) is 3.18. The molecule has 0 N–H and O–H groups in total. The molecule has 7 heteroatoms. The van der Waals surface area contributed by atoms with Gasteiger partial charge in [-0.25, -0.2) is 4.98 Å². The molecule has 4 rings (SSSR count). The number of hydrogen-bond acceptors (Lipinski definition) is 7. The number of aromatic nitrogens is 3. The number of likely N-dealkylation sites (N-methyl/N-ethyl adjacent to an activating group) is 1. The van der Waals surface area contributed by atoms with Gasteiger partial charge in [-0.1, -0.05) is 0 Å². The van der Waals surface area contributed by atoms with Crippen LogP contribution in [-0.2, 0) is 13.1 Å². The molecule has 23 heavy (non-hydrogen) atoms. The van der Waals surface area contributed by atoms with Gasteiger partial charge in [0.05, 0.1) is 11.6 Å². The molecule has 2 aromatic heterocycles. The van der Waals surface area contributed by atoms with Crippen LogP contribution in [0.5, 0.6) is 0 Å². The molecule has 0 amide bonds. The molecule has 124 valence electrons. The van der Waals surface area contributed by atoms with Crippen LogP contribution in [0, 0.1) is 6.92 Å². The molecule has 0 aromatic carbocycles. The van der Waals surface area contributed by atoms with Crippen molar-refractivity contribution in [2.75, 3.05) is 20.1 Å². The number of nitrogens with zero attached hydrogens (tertiary/aromatic N) is 5. The van der Waals surface area contributed by atoms with E-state index in [2.05, 4.69) is 39.0 Å². The highest BCUT2D eigenvalue weighted by molar-refractivity contribution is 7.11. The maximum atomic E-state index is 5.78. The molecule has 0 spiro atoms. The minimum atomic E-state index is 0.534. The van der Waals surface area contributed by atoms with E-state index in [0.29, 0.717) is 12.0 Å². The van der Waals surface area contributed by atoms with Crippen LogP contribution in [0.2, 0.25) is 0 Å². The smallest absolute Gasteiger partial charge is 0.230 e. The molecule has 2 aliphatic rings. The molecule has 6 nitrogen and oxygen atoms in total. The quantitative estimate of drug-likeness (QED) is 0.809. The fourth-order valence-corrected chi connectivity index (χ4v) is 4.02. The van der Waals surface area contributed by atoms with E-state index in [1.807, 2.05) is 6.20 Å². The van der Waals surface area contributed by atoms with Gasteiger partial charge in [-0.3, -0.25) is 9.80 Å². The number of likely N-dealkylation sites (tertiary alicyclic amines) is 1. The van der Waals surface area contributed by atoms with Gasteiger partial charge in [0.2, 0.25) is 11.8 Å². The Morgan fingerprint density at radius 3 is 2.96 bits per heavy atom. The Morgan fingerprint density at radius 1 is 1.35 bits per heavy atom. The van der Waals surface area contributed by atoms with E-state index in [1.165, 1.54) is 24.1 Å². The van der Waals surface area contributed by atoms with Crippen LogP contribution in [0.15, 0.2) is 10.6 Å². The average Bonchev–Trinajstić information content (AvgIpc) is 2.93. The Hall–Kier alpha value is -1.31. The van der Waals surface area contributed by atoms with Crippen LogP contribution in [0.4, 0.5) is 0 Å². The minimum Gasteiger partial charge on any atom is -0.424 e. The van der Waals surface area contributed by atoms with Crippen LogP contribution in [-0.4, -0.2) is 51.2 Å². The number of thiazole rings is 1. The van der Waals surface area contributed by atoms with Crippen LogP contribution in [0.3, 0.4) is 0 Å². The van der Waals surface area contributed by atoms with E-state index in [9.17, 15) is 0 Å². The lowest BCUT2D eigenvalue weighted by atomic mass is 10.2. The van der Waals surface area contributed by atoms with Crippen molar-refractivity contribution in [3.63, 3.8) is 0 Å². The molecule has 1 saturated heterocycles. The Bertz CT molecular complexity index is 665.